The Kier molecular flexibility index (Phi) is 11.8. The maximum absolute atomic E-state index is 9.29. The highest BCUT2D eigenvalue weighted by molar-refractivity contribution is 4.64. The van der Waals surface area contributed by atoms with Gasteiger partial charge in [0.25, 0.3) is 0 Å². The number of rotatable bonds is 9. The van der Waals surface area contributed by atoms with Crippen LogP contribution in [-0.2, 0) is 14.2 Å². The second-order valence-corrected chi connectivity index (χ2v) is 4.05. The van der Waals surface area contributed by atoms with Crippen LogP contribution in [0.25, 0.3) is 0 Å². The van der Waals surface area contributed by atoms with Crippen molar-refractivity contribution in [1.82, 2.24) is 0 Å². The maximum Gasteiger partial charge on any atom is 0.101 e. The number of hydrogen-bond acceptors (Lipinski definition) is 4. The van der Waals surface area contributed by atoms with E-state index in [9.17, 15) is 5.11 Å². The molecule has 0 radical (unpaired) electrons. The zero-order valence-corrected chi connectivity index (χ0v) is 11.1. The molecule has 2 unspecified atom stereocenters. The van der Waals surface area contributed by atoms with E-state index in [-0.39, 0.29) is 0 Å². The summed E-state index contributed by atoms with van der Waals surface area (Å²) in [4.78, 5) is 0. The number of aliphatic hydroxyl groups excluding tert-OH is 1. The summed E-state index contributed by atoms with van der Waals surface area (Å²) in [6, 6.07) is 0. The van der Waals surface area contributed by atoms with Crippen molar-refractivity contribution < 1.29 is 19.3 Å². The highest BCUT2D eigenvalue weighted by atomic mass is 16.6. The molecule has 0 aromatic heterocycles. The third-order valence-electron chi connectivity index (χ3n) is 2.00. The topological polar surface area (TPSA) is 51.2 Å². The Hall–Kier alpha value is -0.420. The molecule has 1 N–H and O–H groups in total. The first kappa shape index (κ1) is 16.6. The lowest BCUT2D eigenvalue weighted by atomic mass is 10.3. The van der Waals surface area contributed by atoms with E-state index in [2.05, 4.69) is 20.4 Å². The first-order valence-corrected chi connectivity index (χ1v) is 6.26. The van der Waals surface area contributed by atoms with E-state index in [0.717, 1.165) is 26.1 Å². The van der Waals surface area contributed by atoms with E-state index in [1.165, 1.54) is 0 Å². The Bertz CT molecular complexity index is 169. The van der Waals surface area contributed by atoms with Gasteiger partial charge in [0.2, 0.25) is 0 Å². The van der Waals surface area contributed by atoms with Crippen LogP contribution in [0.15, 0.2) is 12.7 Å². The molecule has 102 valence electrons. The van der Waals surface area contributed by atoms with Crippen molar-refractivity contribution in [3.63, 3.8) is 0 Å². The molecule has 1 saturated heterocycles. The lowest BCUT2D eigenvalue weighted by molar-refractivity contribution is -0.0134. The molecule has 0 spiro atoms. The lowest BCUT2D eigenvalue weighted by Gasteiger charge is -2.10. The van der Waals surface area contributed by atoms with Gasteiger partial charge in [-0.3, -0.25) is 0 Å². The molecule has 1 rings (SSSR count). The minimum atomic E-state index is -0.517. The second-order valence-electron chi connectivity index (χ2n) is 4.05. The summed E-state index contributed by atoms with van der Waals surface area (Å²) in [5, 5.41) is 9.29. The molecule has 17 heavy (non-hydrogen) atoms. The van der Waals surface area contributed by atoms with Gasteiger partial charge in [0, 0.05) is 6.61 Å². The van der Waals surface area contributed by atoms with Crippen LogP contribution >= 0.6 is 0 Å². The molecule has 1 fully saturated rings. The van der Waals surface area contributed by atoms with Gasteiger partial charge in [0.15, 0.2) is 0 Å². The quantitative estimate of drug-likeness (QED) is 0.383. The number of hydrogen-bond donors (Lipinski definition) is 1. The Morgan fingerprint density at radius 2 is 2.06 bits per heavy atom. The second kappa shape index (κ2) is 12.0. The summed E-state index contributed by atoms with van der Waals surface area (Å²) in [6.45, 7) is 10.5. The molecule has 0 amide bonds. The van der Waals surface area contributed by atoms with E-state index >= 15 is 0 Å². The Morgan fingerprint density at radius 3 is 2.53 bits per heavy atom. The fourth-order valence-electron chi connectivity index (χ4n) is 0.898. The molecule has 1 heterocycles. The highest BCUT2D eigenvalue weighted by Crippen LogP contribution is 2.04. The van der Waals surface area contributed by atoms with Crippen LogP contribution in [0.4, 0.5) is 0 Å². The fourth-order valence-corrected chi connectivity index (χ4v) is 0.898. The van der Waals surface area contributed by atoms with E-state index in [4.69, 9.17) is 14.2 Å². The average molecular weight is 246 g/mol. The van der Waals surface area contributed by atoms with Crippen LogP contribution in [0.1, 0.15) is 26.7 Å². The molecule has 0 bridgehead atoms. The van der Waals surface area contributed by atoms with Crippen molar-refractivity contribution in [2.75, 3.05) is 33.0 Å². The van der Waals surface area contributed by atoms with Crippen LogP contribution in [0.2, 0.25) is 0 Å². The van der Waals surface area contributed by atoms with Crippen LogP contribution in [0, 0.1) is 0 Å². The van der Waals surface area contributed by atoms with Gasteiger partial charge in [-0.15, -0.1) is 6.58 Å². The smallest absolute Gasteiger partial charge is 0.101 e. The molecule has 0 aromatic carbocycles. The summed E-state index contributed by atoms with van der Waals surface area (Å²) >= 11 is 0. The van der Waals surface area contributed by atoms with Gasteiger partial charge >= 0.3 is 0 Å². The van der Waals surface area contributed by atoms with Crippen LogP contribution in [0.5, 0.6) is 0 Å². The third kappa shape index (κ3) is 15.6. The molecule has 1 aliphatic rings. The van der Waals surface area contributed by atoms with Crippen LogP contribution in [0.3, 0.4) is 0 Å². The third-order valence-corrected chi connectivity index (χ3v) is 2.00. The first-order chi connectivity index (χ1) is 8.20. The SMILES string of the molecule is C=CCOCC(O)COCCCC.CC1CO1. The van der Waals surface area contributed by atoms with E-state index in [1.807, 2.05) is 0 Å². The highest BCUT2D eigenvalue weighted by Gasteiger charge is 2.13. The minimum absolute atomic E-state index is 0.318. The number of ether oxygens (including phenoxy) is 3. The van der Waals surface area contributed by atoms with E-state index in [1.54, 1.807) is 6.08 Å². The van der Waals surface area contributed by atoms with Gasteiger partial charge in [-0.1, -0.05) is 19.4 Å². The molecular formula is C13H26O4. The standard InChI is InChI=1S/C10H20O3.C3H6O/c1-3-5-7-13-9-10(11)8-12-6-4-2;1-3-2-4-3/h4,10-11H,2-3,5-9H2,1H3;3H,2H2,1H3. The van der Waals surface area contributed by atoms with Gasteiger partial charge in [0.1, 0.15) is 6.10 Å². The van der Waals surface area contributed by atoms with Crippen molar-refractivity contribution in [2.45, 2.75) is 38.9 Å². The van der Waals surface area contributed by atoms with Gasteiger partial charge in [-0.2, -0.15) is 0 Å². The first-order valence-electron chi connectivity index (χ1n) is 6.26. The van der Waals surface area contributed by atoms with Gasteiger partial charge < -0.3 is 19.3 Å². The zero-order chi connectivity index (χ0) is 12.9. The van der Waals surface area contributed by atoms with Crippen molar-refractivity contribution in [3.8, 4) is 0 Å². The summed E-state index contributed by atoms with van der Waals surface area (Å²) in [7, 11) is 0. The number of epoxide rings is 1. The Balaban J connectivity index is 0.000000529. The fraction of sp³-hybridized carbons (Fsp3) is 0.846. The molecule has 4 nitrogen and oxygen atoms in total. The predicted molar refractivity (Wildman–Crippen MR) is 68.2 cm³/mol. The predicted octanol–water partition coefficient (Wildman–Crippen LogP) is 1.77. The summed E-state index contributed by atoms with van der Waals surface area (Å²) < 4.78 is 15.0. The minimum Gasteiger partial charge on any atom is -0.388 e. The molecule has 0 aliphatic carbocycles. The number of unbranched alkanes of at least 4 members (excludes halogenated alkanes) is 1. The van der Waals surface area contributed by atoms with Gasteiger partial charge in [-0.05, 0) is 13.3 Å². The largest absolute Gasteiger partial charge is 0.388 e. The summed E-state index contributed by atoms with van der Waals surface area (Å²) in [6.07, 6.45) is 3.88. The molecule has 0 saturated carbocycles. The van der Waals surface area contributed by atoms with E-state index in [0.29, 0.717) is 25.9 Å². The average Bonchev–Trinajstić information content (AvgIpc) is 3.08. The monoisotopic (exact) mass is 246 g/mol. The van der Waals surface area contributed by atoms with Crippen molar-refractivity contribution in [3.05, 3.63) is 12.7 Å². The van der Waals surface area contributed by atoms with Crippen molar-refractivity contribution >= 4 is 0 Å². The molecule has 1 aliphatic heterocycles. The molecule has 0 aromatic rings. The Morgan fingerprint density at radius 1 is 1.47 bits per heavy atom. The summed E-state index contributed by atoms with van der Waals surface area (Å²) in [5.41, 5.74) is 0. The van der Waals surface area contributed by atoms with E-state index < -0.39 is 6.10 Å². The van der Waals surface area contributed by atoms with Gasteiger partial charge in [0.05, 0.1) is 32.5 Å². The molecule has 4 heteroatoms. The van der Waals surface area contributed by atoms with Gasteiger partial charge in [-0.25, -0.2) is 0 Å². The maximum atomic E-state index is 9.29. The summed E-state index contributed by atoms with van der Waals surface area (Å²) in [5.74, 6) is 0. The zero-order valence-electron chi connectivity index (χ0n) is 11.1. The van der Waals surface area contributed by atoms with Crippen LogP contribution < -0.4 is 0 Å². The van der Waals surface area contributed by atoms with Crippen molar-refractivity contribution in [1.29, 1.82) is 0 Å². The van der Waals surface area contributed by atoms with Crippen molar-refractivity contribution in [2.24, 2.45) is 0 Å². The lowest BCUT2D eigenvalue weighted by Crippen LogP contribution is -2.22. The molecule has 2 atom stereocenters. The molecular weight excluding hydrogens is 220 g/mol. The van der Waals surface area contributed by atoms with Crippen LogP contribution in [-0.4, -0.2) is 50.3 Å². The Labute approximate surface area is 105 Å². The normalized spacial score (nSPS) is 19.1. The number of aliphatic hydroxyl groups is 1.